The summed E-state index contributed by atoms with van der Waals surface area (Å²) in [7, 11) is 0. The second kappa shape index (κ2) is 6.76. The van der Waals surface area contributed by atoms with E-state index in [2.05, 4.69) is 12.1 Å². The highest BCUT2D eigenvalue weighted by Gasteiger charge is 2.13. The Morgan fingerprint density at radius 3 is 2.50 bits per heavy atom. The van der Waals surface area contributed by atoms with Crippen molar-refractivity contribution in [1.82, 2.24) is 0 Å². The first-order valence-electron chi connectivity index (χ1n) is 6.81. The molecule has 0 radical (unpaired) electrons. The van der Waals surface area contributed by atoms with E-state index in [1.54, 1.807) is 0 Å². The maximum absolute atomic E-state index is 5.75. The molecule has 0 unspecified atom stereocenters. The molecule has 100 valence electrons. The van der Waals surface area contributed by atoms with Crippen LogP contribution in [0.15, 0.2) is 18.2 Å². The van der Waals surface area contributed by atoms with Crippen molar-refractivity contribution < 1.29 is 14.2 Å². The SMILES string of the molecule is CCOC(COc1ccc2c(c1)CCC2)OCC. The minimum Gasteiger partial charge on any atom is -0.488 e. The van der Waals surface area contributed by atoms with Crippen LogP contribution in [0.5, 0.6) is 5.75 Å². The minimum absolute atomic E-state index is 0.270. The highest BCUT2D eigenvalue weighted by Crippen LogP contribution is 2.26. The van der Waals surface area contributed by atoms with Gasteiger partial charge in [0.15, 0.2) is 6.29 Å². The molecule has 0 N–H and O–H groups in total. The molecule has 18 heavy (non-hydrogen) atoms. The summed E-state index contributed by atoms with van der Waals surface area (Å²) in [5.74, 6) is 0.917. The van der Waals surface area contributed by atoms with E-state index >= 15 is 0 Å². The zero-order valence-electron chi connectivity index (χ0n) is 11.3. The van der Waals surface area contributed by atoms with Gasteiger partial charge in [0.05, 0.1) is 0 Å². The van der Waals surface area contributed by atoms with Crippen molar-refractivity contribution in [3.05, 3.63) is 29.3 Å². The first kappa shape index (κ1) is 13.4. The van der Waals surface area contributed by atoms with E-state index in [-0.39, 0.29) is 6.29 Å². The number of aryl methyl sites for hydroxylation is 2. The number of hydrogen-bond donors (Lipinski definition) is 0. The largest absolute Gasteiger partial charge is 0.488 e. The third kappa shape index (κ3) is 3.47. The molecule has 1 aliphatic rings. The van der Waals surface area contributed by atoms with Crippen molar-refractivity contribution in [1.29, 1.82) is 0 Å². The van der Waals surface area contributed by atoms with Crippen LogP contribution in [-0.4, -0.2) is 26.1 Å². The lowest BCUT2D eigenvalue weighted by molar-refractivity contribution is -0.152. The molecule has 3 nitrogen and oxygen atoms in total. The molecule has 0 amide bonds. The Kier molecular flexibility index (Phi) is 5.02. The molecular weight excluding hydrogens is 228 g/mol. The Balaban J connectivity index is 1.88. The molecule has 0 saturated heterocycles. The predicted molar refractivity (Wildman–Crippen MR) is 71.0 cm³/mol. The monoisotopic (exact) mass is 250 g/mol. The Hall–Kier alpha value is -1.06. The lowest BCUT2D eigenvalue weighted by Crippen LogP contribution is -2.25. The third-order valence-electron chi connectivity index (χ3n) is 3.16. The van der Waals surface area contributed by atoms with Crippen molar-refractivity contribution in [3.63, 3.8) is 0 Å². The van der Waals surface area contributed by atoms with Gasteiger partial charge in [0, 0.05) is 13.2 Å². The second-order valence-electron chi connectivity index (χ2n) is 4.44. The number of benzene rings is 1. The molecule has 1 aromatic rings. The lowest BCUT2D eigenvalue weighted by Gasteiger charge is -2.17. The Bertz CT molecular complexity index is 370. The summed E-state index contributed by atoms with van der Waals surface area (Å²) in [6, 6.07) is 6.37. The third-order valence-corrected chi connectivity index (χ3v) is 3.16. The van der Waals surface area contributed by atoms with Crippen LogP contribution in [0.25, 0.3) is 0 Å². The molecule has 2 rings (SSSR count). The minimum atomic E-state index is -0.270. The summed E-state index contributed by atoms with van der Waals surface area (Å²) in [6.45, 7) is 5.64. The highest BCUT2D eigenvalue weighted by molar-refractivity contribution is 5.38. The van der Waals surface area contributed by atoms with Gasteiger partial charge < -0.3 is 14.2 Å². The Morgan fingerprint density at radius 2 is 1.78 bits per heavy atom. The summed E-state index contributed by atoms with van der Waals surface area (Å²) in [6.07, 6.45) is 3.37. The highest BCUT2D eigenvalue weighted by atomic mass is 16.7. The van der Waals surface area contributed by atoms with Gasteiger partial charge in [-0.05, 0) is 56.4 Å². The number of ether oxygens (including phenoxy) is 3. The lowest BCUT2D eigenvalue weighted by atomic mass is 10.1. The first-order chi connectivity index (χ1) is 8.83. The average Bonchev–Trinajstić information content (AvgIpc) is 2.84. The van der Waals surface area contributed by atoms with Gasteiger partial charge >= 0.3 is 0 Å². The van der Waals surface area contributed by atoms with Gasteiger partial charge in [0.1, 0.15) is 12.4 Å². The Morgan fingerprint density at radius 1 is 1.06 bits per heavy atom. The fraction of sp³-hybridized carbons (Fsp3) is 0.600. The number of fused-ring (bicyclic) bond motifs is 1. The molecule has 1 aliphatic carbocycles. The second-order valence-corrected chi connectivity index (χ2v) is 4.44. The molecular formula is C15H22O3. The normalized spacial score (nSPS) is 13.9. The van der Waals surface area contributed by atoms with Crippen LogP contribution in [0.1, 0.15) is 31.4 Å². The van der Waals surface area contributed by atoms with Gasteiger partial charge in [0.2, 0.25) is 0 Å². The van der Waals surface area contributed by atoms with Crippen molar-refractivity contribution in [3.8, 4) is 5.75 Å². The summed E-state index contributed by atoms with van der Waals surface area (Å²) in [5, 5.41) is 0. The van der Waals surface area contributed by atoms with E-state index in [1.165, 1.54) is 30.4 Å². The topological polar surface area (TPSA) is 27.7 Å². The molecule has 0 fully saturated rings. The van der Waals surface area contributed by atoms with E-state index in [0.717, 1.165) is 5.75 Å². The van der Waals surface area contributed by atoms with Gasteiger partial charge in [-0.25, -0.2) is 0 Å². The summed E-state index contributed by atoms with van der Waals surface area (Å²) < 4.78 is 16.6. The van der Waals surface area contributed by atoms with Gasteiger partial charge in [-0.15, -0.1) is 0 Å². The van der Waals surface area contributed by atoms with Crippen LogP contribution in [-0.2, 0) is 22.3 Å². The average molecular weight is 250 g/mol. The summed E-state index contributed by atoms with van der Waals surface area (Å²) in [5.41, 5.74) is 2.89. The molecule has 0 atom stereocenters. The van der Waals surface area contributed by atoms with Gasteiger partial charge in [0.25, 0.3) is 0 Å². The zero-order chi connectivity index (χ0) is 12.8. The number of rotatable bonds is 7. The van der Waals surface area contributed by atoms with E-state index in [9.17, 15) is 0 Å². The maximum atomic E-state index is 5.75. The van der Waals surface area contributed by atoms with Gasteiger partial charge in [-0.3, -0.25) is 0 Å². The fourth-order valence-electron chi connectivity index (χ4n) is 2.32. The van der Waals surface area contributed by atoms with E-state index < -0.39 is 0 Å². The molecule has 3 heteroatoms. The maximum Gasteiger partial charge on any atom is 0.191 e. The van der Waals surface area contributed by atoms with Crippen molar-refractivity contribution >= 4 is 0 Å². The van der Waals surface area contributed by atoms with Crippen LogP contribution in [0, 0.1) is 0 Å². The van der Waals surface area contributed by atoms with E-state index in [1.807, 2.05) is 19.9 Å². The molecule has 0 spiro atoms. The van der Waals surface area contributed by atoms with Crippen LogP contribution in [0.3, 0.4) is 0 Å². The van der Waals surface area contributed by atoms with E-state index in [0.29, 0.717) is 19.8 Å². The smallest absolute Gasteiger partial charge is 0.191 e. The van der Waals surface area contributed by atoms with Crippen molar-refractivity contribution in [2.75, 3.05) is 19.8 Å². The van der Waals surface area contributed by atoms with Crippen LogP contribution in [0.4, 0.5) is 0 Å². The van der Waals surface area contributed by atoms with Crippen LogP contribution < -0.4 is 4.74 Å². The predicted octanol–water partition coefficient (Wildman–Crippen LogP) is 2.95. The van der Waals surface area contributed by atoms with E-state index in [4.69, 9.17) is 14.2 Å². The summed E-state index contributed by atoms with van der Waals surface area (Å²) in [4.78, 5) is 0. The van der Waals surface area contributed by atoms with Crippen molar-refractivity contribution in [2.45, 2.75) is 39.4 Å². The molecule has 0 bridgehead atoms. The van der Waals surface area contributed by atoms with Crippen LogP contribution >= 0.6 is 0 Å². The summed E-state index contributed by atoms with van der Waals surface area (Å²) >= 11 is 0. The van der Waals surface area contributed by atoms with Crippen LogP contribution in [0.2, 0.25) is 0 Å². The van der Waals surface area contributed by atoms with Gasteiger partial charge in [-0.2, -0.15) is 0 Å². The standard InChI is InChI=1S/C15H22O3/c1-3-16-15(17-4-2)11-18-14-9-8-12-6-5-7-13(12)10-14/h8-10,15H,3-7,11H2,1-2H3. The molecule has 0 saturated carbocycles. The molecule has 0 heterocycles. The quantitative estimate of drug-likeness (QED) is 0.696. The Labute approximate surface area is 109 Å². The first-order valence-corrected chi connectivity index (χ1v) is 6.81. The zero-order valence-corrected chi connectivity index (χ0v) is 11.3. The van der Waals surface area contributed by atoms with Gasteiger partial charge in [-0.1, -0.05) is 6.07 Å². The number of hydrogen-bond acceptors (Lipinski definition) is 3. The molecule has 1 aromatic carbocycles. The fourth-order valence-corrected chi connectivity index (χ4v) is 2.32. The van der Waals surface area contributed by atoms with Crippen molar-refractivity contribution in [2.24, 2.45) is 0 Å². The molecule has 0 aromatic heterocycles. The molecule has 0 aliphatic heterocycles.